The Labute approximate surface area is 140 Å². The Kier molecular flexibility index (Phi) is 4.41. The van der Waals surface area contributed by atoms with Crippen molar-refractivity contribution in [1.29, 1.82) is 0 Å². The minimum atomic E-state index is -3.40. The lowest BCUT2D eigenvalue weighted by atomic mass is 9.94. The van der Waals surface area contributed by atoms with Crippen LogP contribution in [-0.2, 0) is 25.9 Å². The van der Waals surface area contributed by atoms with Crippen LogP contribution in [0.1, 0.15) is 20.3 Å². The molecule has 2 aliphatic heterocycles. The van der Waals surface area contributed by atoms with Crippen LogP contribution in [0.5, 0.6) is 0 Å². The zero-order valence-corrected chi connectivity index (χ0v) is 14.6. The molecule has 3 heterocycles. The highest BCUT2D eigenvalue weighted by molar-refractivity contribution is 7.92. The lowest BCUT2D eigenvalue weighted by Gasteiger charge is -2.52. The zero-order chi connectivity index (χ0) is 17.5. The third-order valence-electron chi connectivity index (χ3n) is 4.43. The Balaban J connectivity index is 1.60. The molecule has 1 aromatic heterocycles. The Morgan fingerprint density at radius 1 is 1.50 bits per heavy atom. The van der Waals surface area contributed by atoms with Crippen molar-refractivity contribution in [2.75, 3.05) is 25.4 Å². The molecule has 1 aromatic rings. The van der Waals surface area contributed by atoms with Gasteiger partial charge in [-0.15, -0.1) is 0 Å². The molecule has 2 fully saturated rings. The van der Waals surface area contributed by atoms with Gasteiger partial charge >= 0.3 is 0 Å². The second-order valence-electron chi connectivity index (χ2n) is 7.15. The number of ether oxygens (including phenoxy) is 1. The van der Waals surface area contributed by atoms with Crippen LogP contribution in [0.25, 0.3) is 0 Å². The van der Waals surface area contributed by atoms with E-state index in [1.165, 1.54) is 4.68 Å². The van der Waals surface area contributed by atoms with E-state index in [-0.39, 0.29) is 30.7 Å². The number of carbonyl (C=O) groups excluding carboxylic acids is 1. The summed E-state index contributed by atoms with van der Waals surface area (Å²) in [7, 11) is -3.40. The number of sulfone groups is 1. The van der Waals surface area contributed by atoms with Gasteiger partial charge in [0.2, 0.25) is 5.91 Å². The van der Waals surface area contributed by atoms with Crippen LogP contribution < -0.4 is 0 Å². The molecule has 0 aliphatic carbocycles. The van der Waals surface area contributed by atoms with Gasteiger partial charge in [-0.05, 0) is 5.92 Å². The fourth-order valence-corrected chi connectivity index (χ4v) is 5.09. The number of halogens is 1. The van der Waals surface area contributed by atoms with E-state index in [2.05, 4.69) is 5.10 Å². The summed E-state index contributed by atoms with van der Waals surface area (Å²) in [6.45, 7) is 4.69. The molecule has 7 nitrogen and oxygen atoms in total. The van der Waals surface area contributed by atoms with Gasteiger partial charge in [0.1, 0.15) is 10.9 Å². The highest BCUT2D eigenvalue weighted by Crippen LogP contribution is 2.33. The second kappa shape index (κ2) is 6.11. The summed E-state index contributed by atoms with van der Waals surface area (Å²) < 4.78 is 45.1. The van der Waals surface area contributed by atoms with E-state index in [9.17, 15) is 17.6 Å². The van der Waals surface area contributed by atoms with Crippen molar-refractivity contribution in [3.8, 4) is 0 Å². The molecule has 0 radical (unpaired) electrons. The SMILES string of the molecule is CC(C)CC(=O)N1CC2(C1)CS(=O)(=O)[C@@H](Cn1cc(F)cn1)CO2. The predicted octanol–water partition coefficient (Wildman–Crippen LogP) is 0.463. The number of likely N-dealkylation sites (tertiary alicyclic amines) is 1. The van der Waals surface area contributed by atoms with E-state index in [0.717, 1.165) is 12.4 Å². The Hall–Kier alpha value is -1.48. The van der Waals surface area contributed by atoms with Crippen molar-refractivity contribution in [3.05, 3.63) is 18.2 Å². The van der Waals surface area contributed by atoms with Gasteiger partial charge in [-0.1, -0.05) is 13.8 Å². The molecule has 1 amide bonds. The quantitative estimate of drug-likeness (QED) is 0.780. The predicted molar refractivity (Wildman–Crippen MR) is 84.5 cm³/mol. The summed E-state index contributed by atoms with van der Waals surface area (Å²) in [4.78, 5) is 13.7. The maximum atomic E-state index is 13.0. The van der Waals surface area contributed by atoms with E-state index < -0.39 is 26.5 Å². The molecular weight excluding hydrogens is 337 g/mol. The summed E-state index contributed by atoms with van der Waals surface area (Å²) in [6, 6.07) is 0. The summed E-state index contributed by atoms with van der Waals surface area (Å²) in [5.74, 6) is -0.312. The first-order valence-electron chi connectivity index (χ1n) is 8.00. The summed E-state index contributed by atoms with van der Waals surface area (Å²) >= 11 is 0. The Bertz CT molecular complexity index is 725. The number of carbonyl (C=O) groups is 1. The fraction of sp³-hybridized carbons (Fsp3) is 0.733. The average molecular weight is 359 g/mol. The molecule has 9 heteroatoms. The van der Waals surface area contributed by atoms with Gasteiger partial charge in [0.25, 0.3) is 0 Å². The first kappa shape index (κ1) is 17.3. The number of rotatable bonds is 4. The monoisotopic (exact) mass is 359 g/mol. The molecule has 2 aliphatic rings. The number of nitrogens with zero attached hydrogens (tertiary/aromatic N) is 3. The molecule has 0 bridgehead atoms. The number of hydrogen-bond acceptors (Lipinski definition) is 5. The number of aromatic nitrogens is 2. The normalized spacial score (nSPS) is 25.0. The second-order valence-corrected chi connectivity index (χ2v) is 9.43. The third kappa shape index (κ3) is 3.46. The van der Waals surface area contributed by atoms with Crippen LogP contribution in [0.4, 0.5) is 4.39 Å². The maximum Gasteiger partial charge on any atom is 0.223 e. The van der Waals surface area contributed by atoms with Gasteiger partial charge in [-0.2, -0.15) is 5.10 Å². The Morgan fingerprint density at radius 2 is 2.21 bits per heavy atom. The van der Waals surface area contributed by atoms with Crippen molar-refractivity contribution >= 4 is 15.7 Å². The average Bonchev–Trinajstić information content (AvgIpc) is 2.82. The van der Waals surface area contributed by atoms with E-state index >= 15 is 0 Å². The highest BCUT2D eigenvalue weighted by atomic mass is 32.2. The van der Waals surface area contributed by atoms with Crippen LogP contribution >= 0.6 is 0 Å². The molecule has 0 N–H and O–H groups in total. The number of hydrogen-bond donors (Lipinski definition) is 0. The van der Waals surface area contributed by atoms with Crippen LogP contribution in [-0.4, -0.2) is 65.3 Å². The molecule has 134 valence electrons. The van der Waals surface area contributed by atoms with Crippen molar-refractivity contribution in [1.82, 2.24) is 14.7 Å². The van der Waals surface area contributed by atoms with Gasteiger partial charge in [0.15, 0.2) is 15.7 Å². The minimum absolute atomic E-state index is 0.0331. The van der Waals surface area contributed by atoms with Crippen molar-refractivity contribution in [2.45, 2.75) is 37.7 Å². The van der Waals surface area contributed by atoms with E-state index in [1.807, 2.05) is 13.8 Å². The molecule has 1 atom stereocenters. The van der Waals surface area contributed by atoms with Crippen LogP contribution in [0.2, 0.25) is 0 Å². The third-order valence-corrected chi connectivity index (χ3v) is 6.66. The molecule has 2 saturated heterocycles. The van der Waals surface area contributed by atoms with Crippen molar-refractivity contribution in [3.63, 3.8) is 0 Å². The largest absolute Gasteiger partial charge is 0.369 e. The molecule has 0 aromatic carbocycles. The molecule has 0 saturated carbocycles. The molecule has 1 spiro atoms. The van der Waals surface area contributed by atoms with E-state index in [1.54, 1.807) is 4.90 Å². The molecule has 0 unspecified atom stereocenters. The molecule has 3 rings (SSSR count). The summed E-state index contributed by atoms with van der Waals surface area (Å²) in [5, 5.41) is 3.03. The van der Waals surface area contributed by atoms with Crippen LogP contribution in [0.15, 0.2) is 12.4 Å². The van der Waals surface area contributed by atoms with Gasteiger partial charge in [0, 0.05) is 6.42 Å². The smallest absolute Gasteiger partial charge is 0.223 e. The topological polar surface area (TPSA) is 81.5 Å². The van der Waals surface area contributed by atoms with E-state index in [0.29, 0.717) is 19.5 Å². The first-order chi connectivity index (χ1) is 11.2. The van der Waals surface area contributed by atoms with Crippen molar-refractivity contribution in [2.24, 2.45) is 5.92 Å². The molecular formula is C15H22FN3O4S. The standard InChI is InChI=1S/C15H22FN3O4S/c1-11(2)3-14(20)18-8-15(9-18)10-24(21,22)13(7-23-15)6-19-5-12(16)4-17-19/h4-5,11,13H,3,6-10H2,1-2H3/t13-/m0/s1. The van der Waals surface area contributed by atoms with E-state index in [4.69, 9.17) is 4.74 Å². The number of amides is 1. The first-order valence-corrected chi connectivity index (χ1v) is 9.72. The van der Waals surface area contributed by atoms with Gasteiger partial charge in [-0.25, -0.2) is 12.8 Å². The maximum absolute atomic E-state index is 13.0. The summed E-state index contributed by atoms with van der Waals surface area (Å²) in [6.07, 6.45) is 2.66. The van der Waals surface area contributed by atoms with Gasteiger partial charge in [0.05, 0.1) is 44.4 Å². The van der Waals surface area contributed by atoms with Crippen LogP contribution in [0.3, 0.4) is 0 Å². The Morgan fingerprint density at radius 3 is 2.75 bits per heavy atom. The fourth-order valence-electron chi connectivity index (χ4n) is 3.20. The van der Waals surface area contributed by atoms with Crippen LogP contribution in [0, 0.1) is 11.7 Å². The summed E-state index contributed by atoms with van der Waals surface area (Å²) in [5.41, 5.74) is -0.780. The highest BCUT2D eigenvalue weighted by Gasteiger charge is 2.53. The van der Waals surface area contributed by atoms with Gasteiger partial charge < -0.3 is 9.64 Å². The van der Waals surface area contributed by atoms with Crippen molar-refractivity contribution < 1.29 is 22.3 Å². The lowest BCUT2D eigenvalue weighted by Crippen LogP contribution is -2.70. The zero-order valence-electron chi connectivity index (χ0n) is 13.8. The lowest BCUT2D eigenvalue weighted by molar-refractivity contribution is -0.166. The minimum Gasteiger partial charge on any atom is -0.369 e. The van der Waals surface area contributed by atoms with Gasteiger partial charge in [-0.3, -0.25) is 9.48 Å². The molecule has 24 heavy (non-hydrogen) atoms.